The molecule has 0 bridgehead atoms. The van der Waals surface area contributed by atoms with Crippen molar-refractivity contribution in [1.29, 1.82) is 0 Å². The number of anilines is 1. The second-order valence-electron chi connectivity index (χ2n) is 11.3. The number of halogens is 2. The Bertz CT molecular complexity index is 1400. The Morgan fingerprint density at radius 3 is 1.91 bits per heavy atom. The number of ether oxygens (including phenoxy) is 2. The average Bonchev–Trinajstić information content (AvgIpc) is 3.56. The minimum Gasteiger partial charge on any atom is -0.473 e. The van der Waals surface area contributed by atoms with Crippen molar-refractivity contribution in [3.8, 4) is 22.9 Å². The Morgan fingerprint density at radius 1 is 0.844 bits per heavy atom. The van der Waals surface area contributed by atoms with Crippen molar-refractivity contribution in [1.82, 2.24) is 4.98 Å². The van der Waals surface area contributed by atoms with E-state index in [1.54, 1.807) is 12.1 Å². The average molecular weight is 637 g/mol. The van der Waals surface area contributed by atoms with E-state index in [1.165, 1.54) is 12.1 Å². The first-order chi connectivity index (χ1) is 21.4. The van der Waals surface area contributed by atoms with Gasteiger partial charge >= 0.3 is 51.4 Å². The number of aromatic nitrogens is 1. The molecule has 5 rings (SSSR count). The first kappa shape index (κ1) is 37.2. The van der Waals surface area contributed by atoms with E-state index in [2.05, 4.69) is 44.4 Å². The first-order valence-corrected chi connectivity index (χ1v) is 15.4. The van der Waals surface area contributed by atoms with Crippen LogP contribution in [0.5, 0.6) is 11.8 Å². The minimum atomic E-state index is -0.677. The van der Waals surface area contributed by atoms with Crippen molar-refractivity contribution < 1.29 is 69.6 Å². The van der Waals surface area contributed by atoms with Crippen LogP contribution in [0, 0.1) is 43.7 Å². The maximum absolute atomic E-state index is 15.3. The van der Waals surface area contributed by atoms with Crippen LogP contribution >= 0.6 is 0 Å². The molecule has 0 aliphatic heterocycles. The number of rotatable bonds is 12. The number of benzene rings is 3. The Hall–Kier alpha value is -2.29. The summed E-state index contributed by atoms with van der Waals surface area (Å²) in [5.74, 6) is 0.545. The van der Waals surface area contributed by atoms with Crippen LogP contribution in [0.4, 0.5) is 14.5 Å². The molecule has 0 radical (unpaired) electrons. The Kier molecular flexibility index (Phi) is 16.0. The molecule has 234 valence electrons. The summed E-state index contributed by atoms with van der Waals surface area (Å²) >= 11 is 0. The van der Waals surface area contributed by atoms with Gasteiger partial charge in [0.1, 0.15) is 24.8 Å². The quantitative estimate of drug-likeness (QED) is 0.134. The summed E-state index contributed by atoms with van der Waals surface area (Å²) in [6, 6.07) is 25.3. The molecule has 1 aliphatic carbocycles. The van der Waals surface area contributed by atoms with Gasteiger partial charge in [-0.25, -0.2) is 8.78 Å². The third-order valence-electron chi connectivity index (χ3n) is 8.02. The Morgan fingerprint density at radius 2 is 1.40 bits per heavy atom. The van der Waals surface area contributed by atoms with Gasteiger partial charge in [0.2, 0.25) is 11.8 Å². The van der Waals surface area contributed by atoms with Crippen LogP contribution in [0.25, 0.3) is 11.1 Å². The SMILES string of the molecule is Fc1cc(NC2C[CH-]CC2)cc(F)c1-c1ccc(OCc2ccccc2)nc1OCc1ccccc1.[CH2-]CC(C)C(C)C[CH2-].[K+]. The van der Waals surface area contributed by atoms with Gasteiger partial charge in [0.15, 0.2) is 0 Å². The van der Waals surface area contributed by atoms with Crippen molar-refractivity contribution in [3.05, 3.63) is 128 Å². The summed E-state index contributed by atoms with van der Waals surface area (Å²) in [4.78, 5) is 4.47. The molecule has 1 aliphatic rings. The van der Waals surface area contributed by atoms with Crippen LogP contribution in [0.2, 0.25) is 0 Å². The van der Waals surface area contributed by atoms with E-state index in [1.807, 2.05) is 60.7 Å². The smallest absolute Gasteiger partial charge is 0.473 e. The number of pyridine rings is 1. The molecule has 0 amide bonds. The van der Waals surface area contributed by atoms with E-state index >= 15 is 8.78 Å². The Labute approximate surface area is 310 Å². The van der Waals surface area contributed by atoms with Gasteiger partial charge < -0.3 is 35.1 Å². The molecular formula is C38H43F2KN2O2-2. The van der Waals surface area contributed by atoms with E-state index in [0.717, 1.165) is 55.1 Å². The van der Waals surface area contributed by atoms with Crippen LogP contribution in [-0.4, -0.2) is 11.0 Å². The molecule has 3 atom stereocenters. The van der Waals surface area contributed by atoms with Crippen molar-refractivity contribution in [3.63, 3.8) is 0 Å². The predicted molar refractivity (Wildman–Crippen MR) is 175 cm³/mol. The summed E-state index contributed by atoms with van der Waals surface area (Å²) in [5.41, 5.74) is 2.37. The monoisotopic (exact) mass is 636 g/mol. The van der Waals surface area contributed by atoms with Crippen molar-refractivity contribution in [2.45, 2.75) is 65.2 Å². The van der Waals surface area contributed by atoms with Gasteiger partial charge in [-0.1, -0.05) is 92.8 Å². The second-order valence-corrected chi connectivity index (χ2v) is 11.3. The van der Waals surface area contributed by atoms with Crippen molar-refractivity contribution in [2.24, 2.45) is 11.8 Å². The minimum absolute atomic E-state index is 0. The first-order valence-electron chi connectivity index (χ1n) is 15.4. The van der Waals surface area contributed by atoms with Crippen LogP contribution in [0.1, 0.15) is 57.1 Å². The van der Waals surface area contributed by atoms with Gasteiger partial charge in [0.05, 0.1) is 11.1 Å². The van der Waals surface area contributed by atoms with Gasteiger partial charge in [0, 0.05) is 11.8 Å². The molecule has 4 aromatic rings. The largest absolute Gasteiger partial charge is 1.00 e. The van der Waals surface area contributed by atoms with Crippen LogP contribution in [-0.2, 0) is 13.2 Å². The molecule has 3 aromatic carbocycles. The van der Waals surface area contributed by atoms with Crippen molar-refractivity contribution in [2.75, 3.05) is 5.32 Å². The molecule has 3 unspecified atom stereocenters. The fraction of sp³-hybridized carbons (Fsp3) is 0.316. The summed E-state index contributed by atoms with van der Waals surface area (Å²) < 4.78 is 42.4. The van der Waals surface area contributed by atoms with Gasteiger partial charge in [-0.2, -0.15) is 30.7 Å². The summed E-state index contributed by atoms with van der Waals surface area (Å²) in [6.45, 7) is 12.6. The zero-order chi connectivity index (χ0) is 31.3. The number of hydrogen-bond acceptors (Lipinski definition) is 4. The molecule has 4 nitrogen and oxygen atoms in total. The molecule has 1 fully saturated rings. The molecule has 1 saturated carbocycles. The molecule has 0 saturated heterocycles. The van der Waals surface area contributed by atoms with Crippen LogP contribution in [0.3, 0.4) is 0 Å². The topological polar surface area (TPSA) is 43.4 Å². The van der Waals surface area contributed by atoms with E-state index < -0.39 is 11.6 Å². The number of nitrogens with zero attached hydrogens (tertiary/aromatic N) is 1. The molecular weight excluding hydrogens is 594 g/mol. The molecule has 1 heterocycles. The van der Waals surface area contributed by atoms with Gasteiger partial charge in [-0.3, -0.25) is 0 Å². The third-order valence-corrected chi connectivity index (χ3v) is 8.02. The summed E-state index contributed by atoms with van der Waals surface area (Å²) in [7, 11) is 0. The molecule has 0 spiro atoms. The summed E-state index contributed by atoms with van der Waals surface area (Å²) in [5, 5.41) is 3.23. The summed E-state index contributed by atoms with van der Waals surface area (Å²) in [6.07, 6.45) is 7.11. The second kappa shape index (κ2) is 19.4. The number of nitrogens with one attached hydrogen (secondary N) is 1. The van der Waals surface area contributed by atoms with Gasteiger partial charge in [-0.05, 0) is 35.4 Å². The normalized spacial score (nSPS) is 15.2. The van der Waals surface area contributed by atoms with Gasteiger partial charge in [-0.15, -0.1) is 0 Å². The zero-order valence-corrected chi connectivity index (χ0v) is 29.9. The zero-order valence-electron chi connectivity index (χ0n) is 26.8. The number of hydrogen-bond donors (Lipinski definition) is 1. The van der Waals surface area contributed by atoms with Crippen molar-refractivity contribution >= 4 is 5.69 Å². The van der Waals surface area contributed by atoms with E-state index in [-0.39, 0.29) is 81.0 Å². The van der Waals surface area contributed by atoms with E-state index in [9.17, 15) is 0 Å². The maximum atomic E-state index is 15.3. The predicted octanol–water partition coefficient (Wildman–Crippen LogP) is 7.06. The third kappa shape index (κ3) is 11.5. The maximum Gasteiger partial charge on any atom is 1.00 e. The van der Waals surface area contributed by atoms with E-state index in [0.29, 0.717) is 18.2 Å². The fourth-order valence-electron chi connectivity index (χ4n) is 4.87. The standard InChI is InChI=1S/C30H27F2N2O2.C8H16.K/c31-26-17-24(33-23-13-7-8-14-23)18-27(32)29(26)25-15-16-28(35-19-21-9-3-1-4-10-21)34-30(25)36-20-22-11-5-2-6-12-22;1-5-7(3)8(4)6-2;/h1-7,9-12,15-18,23,33H,8,13-14,19-20H2;7-8H,1-2,5-6H2,3-4H3;/q-1;-2;+1. The molecule has 7 heteroatoms. The molecule has 1 aromatic heterocycles. The van der Waals surface area contributed by atoms with Crippen LogP contribution in [0.15, 0.2) is 84.9 Å². The fourth-order valence-corrected chi connectivity index (χ4v) is 4.87. The van der Waals surface area contributed by atoms with E-state index in [4.69, 9.17) is 9.47 Å². The van der Waals surface area contributed by atoms with Gasteiger partial charge in [0.25, 0.3) is 0 Å². The van der Waals surface area contributed by atoms with Crippen LogP contribution < -0.4 is 66.2 Å². The Balaban J connectivity index is 0.000000544. The molecule has 1 N–H and O–H groups in total. The molecule has 45 heavy (non-hydrogen) atoms.